The van der Waals surface area contributed by atoms with Gasteiger partial charge in [-0.1, -0.05) is 6.07 Å². The molecule has 0 saturated carbocycles. The van der Waals surface area contributed by atoms with Gasteiger partial charge in [0.05, 0.1) is 29.1 Å². The average Bonchev–Trinajstić information content (AvgIpc) is 2.67. The van der Waals surface area contributed by atoms with E-state index < -0.39 is 0 Å². The molecule has 0 spiro atoms. The summed E-state index contributed by atoms with van der Waals surface area (Å²) in [5.41, 5.74) is 3.34. The summed E-state index contributed by atoms with van der Waals surface area (Å²) in [4.78, 5) is 4.65. The Morgan fingerprint density at radius 1 is 1.32 bits per heavy atom. The van der Waals surface area contributed by atoms with Gasteiger partial charge in [-0.05, 0) is 45.4 Å². The molecule has 1 atom stereocenters. The largest absolute Gasteiger partial charge is 0.377 e. The number of imidazole rings is 1. The first-order valence-electron chi connectivity index (χ1n) is 6.71. The molecule has 4 heteroatoms. The van der Waals surface area contributed by atoms with Crippen molar-refractivity contribution in [2.45, 2.75) is 45.7 Å². The second-order valence-electron chi connectivity index (χ2n) is 5.15. The molecule has 19 heavy (non-hydrogen) atoms. The van der Waals surface area contributed by atoms with Gasteiger partial charge < -0.3 is 9.30 Å². The molecule has 1 aromatic heterocycles. The molecule has 0 saturated heterocycles. The third-order valence-corrected chi connectivity index (χ3v) is 3.25. The number of nitrogens with zero attached hydrogens (tertiary/aromatic N) is 2. The molecule has 2 aromatic rings. The van der Waals surface area contributed by atoms with Crippen LogP contribution in [0, 0.1) is 6.92 Å². The molecule has 1 aromatic carbocycles. The third kappa shape index (κ3) is 3.28. The van der Waals surface area contributed by atoms with E-state index in [1.54, 1.807) is 0 Å². The van der Waals surface area contributed by atoms with Gasteiger partial charge in [-0.25, -0.2) is 4.98 Å². The first kappa shape index (κ1) is 14.4. The maximum absolute atomic E-state index is 6.24. The standard InChI is InChI=1S/C15H21ClN2O/c1-10(2)19-8-7-18-14-6-5-11(3)9-13(14)17-15(18)12(4)16/h5-6,9-10,12H,7-8H2,1-4H3. The van der Waals surface area contributed by atoms with E-state index in [1.807, 2.05) is 20.8 Å². The van der Waals surface area contributed by atoms with Gasteiger partial charge in [0.2, 0.25) is 0 Å². The minimum Gasteiger partial charge on any atom is -0.377 e. The molecule has 1 heterocycles. The molecule has 2 rings (SSSR count). The van der Waals surface area contributed by atoms with Gasteiger partial charge in [-0.15, -0.1) is 11.6 Å². The first-order chi connectivity index (χ1) is 8.99. The minimum absolute atomic E-state index is 0.105. The van der Waals surface area contributed by atoms with E-state index in [0.29, 0.717) is 6.61 Å². The predicted molar refractivity (Wildman–Crippen MR) is 79.8 cm³/mol. The Bertz CT molecular complexity index is 561. The smallest absolute Gasteiger partial charge is 0.127 e. The van der Waals surface area contributed by atoms with Crippen LogP contribution >= 0.6 is 11.6 Å². The van der Waals surface area contributed by atoms with Gasteiger partial charge in [0.15, 0.2) is 0 Å². The fourth-order valence-corrected chi connectivity index (χ4v) is 2.34. The summed E-state index contributed by atoms with van der Waals surface area (Å²) in [6.45, 7) is 9.57. The van der Waals surface area contributed by atoms with E-state index in [2.05, 4.69) is 34.7 Å². The fraction of sp³-hybridized carbons (Fsp3) is 0.533. The van der Waals surface area contributed by atoms with Crippen molar-refractivity contribution in [1.82, 2.24) is 9.55 Å². The van der Waals surface area contributed by atoms with E-state index >= 15 is 0 Å². The second kappa shape index (κ2) is 5.93. The quantitative estimate of drug-likeness (QED) is 0.772. The zero-order valence-corrected chi connectivity index (χ0v) is 12.7. The van der Waals surface area contributed by atoms with Crippen LogP contribution in [0.3, 0.4) is 0 Å². The molecular formula is C15H21ClN2O. The third-order valence-electron chi connectivity index (χ3n) is 3.06. The molecule has 3 nitrogen and oxygen atoms in total. The summed E-state index contributed by atoms with van der Waals surface area (Å²) in [5.74, 6) is 0.912. The monoisotopic (exact) mass is 280 g/mol. The summed E-state index contributed by atoms with van der Waals surface area (Å²) in [6.07, 6.45) is 0.244. The van der Waals surface area contributed by atoms with Gasteiger partial charge in [0.1, 0.15) is 5.82 Å². The van der Waals surface area contributed by atoms with Crippen LogP contribution in [0.5, 0.6) is 0 Å². The van der Waals surface area contributed by atoms with Crippen molar-refractivity contribution >= 4 is 22.6 Å². The van der Waals surface area contributed by atoms with Crippen LogP contribution in [0.25, 0.3) is 11.0 Å². The molecule has 0 bridgehead atoms. The molecule has 0 amide bonds. The number of hydrogen-bond donors (Lipinski definition) is 0. The van der Waals surface area contributed by atoms with Gasteiger partial charge in [-0.2, -0.15) is 0 Å². The van der Waals surface area contributed by atoms with Crippen molar-refractivity contribution in [3.63, 3.8) is 0 Å². The summed E-state index contributed by atoms with van der Waals surface area (Å²) in [6, 6.07) is 6.31. The highest BCUT2D eigenvalue weighted by Gasteiger charge is 2.14. The highest BCUT2D eigenvalue weighted by atomic mass is 35.5. The Morgan fingerprint density at radius 2 is 2.05 bits per heavy atom. The lowest BCUT2D eigenvalue weighted by Gasteiger charge is -2.12. The van der Waals surface area contributed by atoms with Crippen molar-refractivity contribution in [3.05, 3.63) is 29.6 Å². The molecule has 0 fully saturated rings. The molecule has 0 radical (unpaired) electrons. The summed E-state index contributed by atoms with van der Waals surface area (Å²) < 4.78 is 7.79. The molecule has 0 N–H and O–H groups in total. The minimum atomic E-state index is -0.105. The number of ether oxygens (including phenoxy) is 1. The molecule has 0 aliphatic carbocycles. The number of benzene rings is 1. The van der Waals surface area contributed by atoms with Gasteiger partial charge >= 0.3 is 0 Å². The number of alkyl halides is 1. The SMILES string of the molecule is Cc1ccc2c(c1)nc(C(C)Cl)n2CCOC(C)C. The van der Waals surface area contributed by atoms with Crippen molar-refractivity contribution < 1.29 is 4.74 Å². The van der Waals surface area contributed by atoms with Crippen LogP contribution in [0.4, 0.5) is 0 Å². The van der Waals surface area contributed by atoms with Crippen molar-refractivity contribution in [3.8, 4) is 0 Å². The Labute approximate surface area is 119 Å². The number of rotatable bonds is 5. The lowest BCUT2D eigenvalue weighted by molar-refractivity contribution is 0.0729. The lowest BCUT2D eigenvalue weighted by Crippen LogP contribution is -2.13. The van der Waals surface area contributed by atoms with Gasteiger partial charge in [-0.3, -0.25) is 0 Å². The molecule has 0 aliphatic heterocycles. The number of halogens is 1. The van der Waals surface area contributed by atoms with Crippen molar-refractivity contribution in [2.24, 2.45) is 0 Å². The summed E-state index contributed by atoms with van der Waals surface area (Å²) >= 11 is 6.24. The van der Waals surface area contributed by atoms with Gasteiger partial charge in [0.25, 0.3) is 0 Å². The molecule has 104 valence electrons. The molecule has 0 aliphatic rings. The van der Waals surface area contributed by atoms with E-state index in [-0.39, 0.29) is 11.5 Å². The van der Waals surface area contributed by atoms with Crippen LogP contribution in [-0.2, 0) is 11.3 Å². The normalized spacial score (nSPS) is 13.4. The average molecular weight is 281 g/mol. The molecular weight excluding hydrogens is 260 g/mol. The Hall–Kier alpha value is -1.06. The highest BCUT2D eigenvalue weighted by molar-refractivity contribution is 6.20. The number of aromatic nitrogens is 2. The molecule has 1 unspecified atom stereocenters. The van der Waals surface area contributed by atoms with Crippen LogP contribution in [-0.4, -0.2) is 22.3 Å². The topological polar surface area (TPSA) is 27.1 Å². The van der Waals surface area contributed by atoms with Crippen molar-refractivity contribution in [2.75, 3.05) is 6.61 Å². The number of aryl methyl sites for hydroxylation is 1. The second-order valence-corrected chi connectivity index (χ2v) is 5.80. The number of hydrogen-bond acceptors (Lipinski definition) is 2. The summed E-state index contributed by atoms with van der Waals surface area (Å²) in [5, 5.41) is -0.105. The maximum Gasteiger partial charge on any atom is 0.127 e. The van der Waals surface area contributed by atoms with Crippen LogP contribution in [0.15, 0.2) is 18.2 Å². The first-order valence-corrected chi connectivity index (χ1v) is 7.15. The fourth-order valence-electron chi connectivity index (χ4n) is 2.18. The zero-order valence-electron chi connectivity index (χ0n) is 12.0. The van der Waals surface area contributed by atoms with Crippen LogP contribution in [0.1, 0.15) is 37.5 Å². The van der Waals surface area contributed by atoms with Crippen LogP contribution < -0.4 is 0 Å². The predicted octanol–water partition coefficient (Wildman–Crippen LogP) is 4.07. The van der Waals surface area contributed by atoms with E-state index in [4.69, 9.17) is 16.3 Å². The zero-order chi connectivity index (χ0) is 14.0. The maximum atomic E-state index is 6.24. The lowest BCUT2D eigenvalue weighted by atomic mass is 10.2. The number of fused-ring (bicyclic) bond motifs is 1. The highest BCUT2D eigenvalue weighted by Crippen LogP contribution is 2.25. The van der Waals surface area contributed by atoms with E-state index in [1.165, 1.54) is 5.56 Å². The van der Waals surface area contributed by atoms with E-state index in [0.717, 1.165) is 23.4 Å². The van der Waals surface area contributed by atoms with Crippen molar-refractivity contribution in [1.29, 1.82) is 0 Å². The Balaban J connectivity index is 2.35. The Morgan fingerprint density at radius 3 is 2.68 bits per heavy atom. The van der Waals surface area contributed by atoms with Gasteiger partial charge in [0, 0.05) is 6.54 Å². The summed E-state index contributed by atoms with van der Waals surface area (Å²) in [7, 11) is 0. The van der Waals surface area contributed by atoms with Crippen LogP contribution in [0.2, 0.25) is 0 Å². The van der Waals surface area contributed by atoms with E-state index in [9.17, 15) is 0 Å². The Kier molecular flexibility index (Phi) is 4.48.